The first kappa shape index (κ1) is 15.2. The largest absolute Gasteiger partial charge is 0.494 e. The summed E-state index contributed by atoms with van der Waals surface area (Å²) in [5, 5.41) is 0. The first-order valence-electron chi connectivity index (χ1n) is 6.33. The van der Waals surface area contributed by atoms with E-state index in [0.717, 1.165) is 11.3 Å². The number of benzene rings is 2. The molecule has 0 fully saturated rings. The summed E-state index contributed by atoms with van der Waals surface area (Å²) < 4.78 is 36.1. The Morgan fingerprint density at radius 1 is 1.10 bits per heavy atom. The molecule has 2 aromatic carbocycles. The van der Waals surface area contributed by atoms with Crippen LogP contribution in [-0.2, 0) is 10.1 Å². The van der Waals surface area contributed by atoms with Crippen molar-refractivity contribution in [3.63, 3.8) is 0 Å². The zero-order valence-electron chi connectivity index (χ0n) is 11.4. The van der Waals surface area contributed by atoms with E-state index >= 15 is 0 Å². The molecule has 0 atom stereocenters. The maximum absolute atomic E-state index is 10.9. The van der Waals surface area contributed by atoms with Crippen molar-refractivity contribution in [1.82, 2.24) is 0 Å². The second-order valence-electron chi connectivity index (χ2n) is 4.23. The third-order valence-electron chi connectivity index (χ3n) is 2.69. The lowest BCUT2D eigenvalue weighted by molar-refractivity contribution is 0.340. The minimum Gasteiger partial charge on any atom is -0.494 e. The van der Waals surface area contributed by atoms with Gasteiger partial charge in [0, 0.05) is 6.21 Å². The normalized spacial score (nSPS) is 11.7. The first-order chi connectivity index (χ1) is 9.99. The van der Waals surface area contributed by atoms with Crippen molar-refractivity contribution in [1.29, 1.82) is 0 Å². The summed E-state index contributed by atoms with van der Waals surface area (Å²) in [6, 6.07) is 13.1. The summed E-state index contributed by atoms with van der Waals surface area (Å²) in [5.74, 6) is 0.798. The van der Waals surface area contributed by atoms with E-state index in [1.54, 1.807) is 6.21 Å². The van der Waals surface area contributed by atoms with E-state index in [1.807, 2.05) is 31.2 Å². The second-order valence-corrected chi connectivity index (χ2v) is 5.65. The molecule has 0 unspecified atom stereocenters. The average molecular weight is 305 g/mol. The Kier molecular flexibility index (Phi) is 4.72. The summed E-state index contributed by atoms with van der Waals surface area (Å²) in [6.07, 6.45) is 1.66. The van der Waals surface area contributed by atoms with Gasteiger partial charge in [0.1, 0.15) is 5.75 Å². The van der Waals surface area contributed by atoms with Gasteiger partial charge in [-0.2, -0.15) is 8.42 Å². The van der Waals surface area contributed by atoms with E-state index in [2.05, 4.69) is 4.99 Å². The van der Waals surface area contributed by atoms with Gasteiger partial charge in [-0.1, -0.05) is 0 Å². The lowest BCUT2D eigenvalue weighted by Gasteiger charge is -2.02. The van der Waals surface area contributed by atoms with Gasteiger partial charge >= 0.3 is 0 Å². The molecule has 0 amide bonds. The minimum absolute atomic E-state index is 0.150. The Labute approximate surface area is 123 Å². The van der Waals surface area contributed by atoms with Crippen molar-refractivity contribution in [3.05, 3.63) is 54.1 Å². The van der Waals surface area contributed by atoms with E-state index < -0.39 is 10.1 Å². The van der Waals surface area contributed by atoms with Crippen LogP contribution >= 0.6 is 0 Å². The van der Waals surface area contributed by atoms with Crippen molar-refractivity contribution in [2.75, 3.05) is 6.61 Å². The van der Waals surface area contributed by atoms with Gasteiger partial charge < -0.3 is 4.74 Å². The maximum Gasteiger partial charge on any atom is 0.294 e. The van der Waals surface area contributed by atoms with Gasteiger partial charge in [-0.05, 0) is 61.0 Å². The third-order valence-corrected chi connectivity index (χ3v) is 3.56. The van der Waals surface area contributed by atoms with E-state index in [1.165, 1.54) is 24.3 Å². The molecule has 6 heteroatoms. The van der Waals surface area contributed by atoms with Crippen LogP contribution in [0.3, 0.4) is 0 Å². The van der Waals surface area contributed by atoms with Gasteiger partial charge in [0.05, 0.1) is 17.2 Å². The molecule has 0 saturated carbocycles. The molecule has 2 aromatic rings. The smallest absolute Gasteiger partial charge is 0.294 e. The van der Waals surface area contributed by atoms with E-state index in [-0.39, 0.29) is 4.90 Å². The highest BCUT2D eigenvalue weighted by Crippen LogP contribution is 2.17. The first-order valence-corrected chi connectivity index (χ1v) is 7.77. The summed E-state index contributed by atoms with van der Waals surface area (Å²) in [7, 11) is -4.16. The molecule has 0 aliphatic rings. The molecule has 21 heavy (non-hydrogen) atoms. The molecule has 0 spiro atoms. The fourth-order valence-corrected chi connectivity index (χ4v) is 2.15. The molecule has 0 bridgehead atoms. The molecule has 0 aliphatic carbocycles. The third kappa shape index (κ3) is 4.40. The molecule has 0 radical (unpaired) electrons. The van der Waals surface area contributed by atoms with Crippen LogP contribution in [0, 0.1) is 0 Å². The van der Waals surface area contributed by atoms with Crippen LogP contribution in [-0.4, -0.2) is 25.8 Å². The van der Waals surface area contributed by atoms with Crippen LogP contribution < -0.4 is 4.74 Å². The van der Waals surface area contributed by atoms with Crippen molar-refractivity contribution in [2.45, 2.75) is 11.8 Å². The van der Waals surface area contributed by atoms with E-state index in [0.29, 0.717) is 12.3 Å². The second kappa shape index (κ2) is 6.51. The van der Waals surface area contributed by atoms with Crippen molar-refractivity contribution in [3.8, 4) is 5.75 Å². The molecular weight excluding hydrogens is 290 g/mol. The summed E-state index contributed by atoms with van der Waals surface area (Å²) >= 11 is 0. The van der Waals surface area contributed by atoms with Crippen LogP contribution in [0.25, 0.3) is 0 Å². The fraction of sp³-hybridized carbons (Fsp3) is 0.133. The zero-order valence-corrected chi connectivity index (χ0v) is 12.2. The van der Waals surface area contributed by atoms with Crippen LogP contribution in [0.15, 0.2) is 58.4 Å². The molecule has 1 N–H and O–H groups in total. The SMILES string of the molecule is CCOc1ccc(C=Nc2ccc(S(=O)(=O)O)cc2)cc1. The Morgan fingerprint density at radius 3 is 2.24 bits per heavy atom. The number of hydrogen-bond acceptors (Lipinski definition) is 4. The quantitative estimate of drug-likeness (QED) is 0.680. The number of rotatable bonds is 5. The fourth-order valence-electron chi connectivity index (χ4n) is 1.67. The number of hydrogen-bond donors (Lipinski definition) is 1. The highest BCUT2D eigenvalue weighted by atomic mass is 32.2. The molecule has 0 saturated heterocycles. The van der Waals surface area contributed by atoms with Gasteiger partial charge in [-0.15, -0.1) is 0 Å². The van der Waals surface area contributed by atoms with Crippen LogP contribution in [0.2, 0.25) is 0 Å². The van der Waals surface area contributed by atoms with E-state index in [9.17, 15) is 8.42 Å². The molecule has 0 aromatic heterocycles. The van der Waals surface area contributed by atoms with Gasteiger partial charge in [0.2, 0.25) is 0 Å². The van der Waals surface area contributed by atoms with Crippen LogP contribution in [0.5, 0.6) is 5.75 Å². The Hall–Kier alpha value is -2.18. The predicted octanol–water partition coefficient (Wildman–Crippen LogP) is 3.08. The number of nitrogens with zero attached hydrogens (tertiary/aromatic N) is 1. The van der Waals surface area contributed by atoms with Crippen LogP contribution in [0.4, 0.5) is 5.69 Å². The van der Waals surface area contributed by atoms with Crippen molar-refractivity contribution < 1.29 is 17.7 Å². The molecular formula is C15H15NO4S. The zero-order chi connectivity index (χ0) is 15.3. The van der Waals surface area contributed by atoms with Gasteiger partial charge in [-0.3, -0.25) is 9.55 Å². The highest BCUT2D eigenvalue weighted by molar-refractivity contribution is 7.85. The number of ether oxygens (including phenoxy) is 1. The Balaban J connectivity index is 2.10. The summed E-state index contributed by atoms with van der Waals surface area (Å²) in [5.41, 5.74) is 1.49. The maximum atomic E-state index is 10.9. The molecule has 5 nitrogen and oxygen atoms in total. The molecule has 110 valence electrons. The van der Waals surface area contributed by atoms with Gasteiger partial charge in [0.25, 0.3) is 10.1 Å². The Bertz CT molecular complexity index is 719. The average Bonchev–Trinajstić information content (AvgIpc) is 2.46. The van der Waals surface area contributed by atoms with Crippen LogP contribution in [0.1, 0.15) is 12.5 Å². The molecule has 0 heterocycles. The Morgan fingerprint density at radius 2 is 1.71 bits per heavy atom. The summed E-state index contributed by atoms with van der Waals surface area (Å²) in [4.78, 5) is 4.08. The number of aliphatic imine (C=N–C) groups is 1. The van der Waals surface area contributed by atoms with Crippen molar-refractivity contribution in [2.24, 2.45) is 4.99 Å². The topological polar surface area (TPSA) is 76.0 Å². The minimum atomic E-state index is -4.16. The van der Waals surface area contributed by atoms with Gasteiger partial charge in [0.15, 0.2) is 0 Å². The lowest BCUT2D eigenvalue weighted by Crippen LogP contribution is -1.96. The highest BCUT2D eigenvalue weighted by Gasteiger charge is 2.07. The summed E-state index contributed by atoms with van der Waals surface area (Å²) in [6.45, 7) is 2.54. The van der Waals surface area contributed by atoms with E-state index in [4.69, 9.17) is 9.29 Å². The monoisotopic (exact) mass is 305 g/mol. The molecule has 2 rings (SSSR count). The standard InChI is InChI=1S/C15H15NO4S/c1-2-20-14-7-3-12(4-8-14)11-16-13-5-9-15(10-6-13)21(17,18)19/h3-11H,2H2,1H3,(H,17,18,19). The molecule has 0 aliphatic heterocycles. The van der Waals surface area contributed by atoms with Gasteiger partial charge in [-0.25, -0.2) is 0 Å². The van der Waals surface area contributed by atoms with Crippen molar-refractivity contribution >= 4 is 22.0 Å². The lowest BCUT2D eigenvalue weighted by atomic mass is 10.2. The predicted molar refractivity (Wildman–Crippen MR) is 81.1 cm³/mol.